The largest absolute Gasteiger partial charge is 0.444 e. The lowest BCUT2D eigenvalue weighted by Gasteiger charge is -2.25. The molecule has 1 amide bonds. The van der Waals surface area contributed by atoms with Crippen LogP contribution in [-0.2, 0) is 11.2 Å². The Bertz CT molecular complexity index is 500. The number of benzene rings is 1. The number of ether oxygens (including phenoxy) is 1. The third-order valence-corrected chi connectivity index (χ3v) is 4.13. The molecule has 1 atom stereocenters. The van der Waals surface area contributed by atoms with Crippen LogP contribution in [0, 0.1) is 0 Å². The maximum atomic E-state index is 11.9. The van der Waals surface area contributed by atoms with Crippen LogP contribution in [0.25, 0.3) is 0 Å². The van der Waals surface area contributed by atoms with Crippen LogP contribution in [0.3, 0.4) is 0 Å². The van der Waals surface area contributed by atoms with Gasteiger partial charge in [-0.2, -0.15) is 0 Å². The molecule has 0 saturated carbocycles. The molecule has 1 aromatic carbocycles. The Morgan fingerprint density at radius 3 is 2.46 bits per heavy atom. The lowest BCUT2D eigenvalue weighted by atomic mass is 10.1. The van der Waals surface area contributed by atoms with Crippen molar-refractivity contribution in [3.8, 4) is 0 Å². The van der Waals surface area contributed by atoms with Crippen LogP contribution in [-0.4, -0.2) is 48.8 Å². The molecule has 0 fully saturated rings. The van der Waals surface area contributed by atoms with E-state index in [4.69, 9.17) is 10.5 Å². The van der Waals surface area contributed by atoms with Crippen LogP contribution < -0.4 is 11.1 Å². The van der Waals surface area contributed by atoms with Crippen molar-refractivity contribution in [1.29, 1.82) is 0 Å². The van der Waals surface area contributed by atoms with E-state index in [9.17, 15) is 4.79 Å². The van der Waals surface area contributed by atoms with E-state index in [0.29, 0.717) is 0 Å². The van der Waals surface area contributed by atoms with Gasteiger partial charge in [-0.15, -0.1) is 0 Å². The molecule has 0 aliphatic heterocycles. The molecule has 0 saturated heterocycles. The van der Waals surface area contributed by atoms with Gasteiger partial charge in [-0.3, -0.25) is 0 Å². The van der Waals surface area contributed by atoms with Crippen LogP contribution in [0.4, 0.5) is 4.79 Å². The minimum Gasteiger partial charge on any atom is -0.444 e. The summed E-state index contributed by atoms with van der Waals surface area (Å²) in [6.07, 6.45) is 3.75. The predicted molar refractivity (Wildman–Crippen MR) is 108 cm³/mol. The molecule has 0 aromatic heterocycles. The molecule has 0 aliphatic rings. The second-order valence-corrected chi connectivity index (χ2v) is 7.91. The van der Waals surface area contributed by atoms with Crippen molar-refractivity contribution >= 4 is 6.09 Å². The first-order valence-corrected chi connectivity index (χ1v) is 9.76. The first-order valence-electron chi connectivity index (χ1n) is 9.76. The number of hydrogen-bond donors (Lipinski definition) is 2. The molecule has 26 heavy (non-hydrogen) atoms. The normalized spacial score (nSPS) is 12.8. The molecule has 0 radical (unpaired) electrons. The number of hydrogen-bond acceptors (Lipinski definition) is 4. The molecule has 0 spiro atoms. The molecule has 1 aromatic rings. The van der Waals surface area contributed by atoms with Crippen molar-refractivity contribution in [3.05, 3.63) is 35.9 Å². The van der Waals surface area contributed by atoms with Crippen molar-refractivity contribution in [1.82, 2.24) is 10.2 Å². The highest BCUT2D eigenvalue weighted by Crippen LogP contribution is 2.08. The van der Waals surface area contributed by atoms with Crippen LogP contribution in [0.15, 0.2) is 30.3 Å². The summed E-state index contributed by atoms with van der Waals surface area (Å²) in [6.45, 7) is 11.4. The lowest BCUT2D eigenvalue weighted by Crippen LogP contribution is -2.40. The fourth-order valence-electron chi connectivity index (χ4n) is 2.70. The average molecular weight is 364 g/mol. The highest BCUT2D eigenvalue weighted by molar-refractivity contribution is 5.67. The number of carbonyl (C=O) groups excluding carboxylic acids is 1. The molecule has 1 rings (SSSR count). The molecule has 1 unspecified atom stereocenters. The monoisotopic (exact) mass is 363 g/mol. The van der Waals surface area contributed by atoms with Crippen molar-refractivity contribution in [2.75, 3.05) is 26.2 Å². The molecule has 0 bridgehead atoms. The number of nitrogens with zero attached hydrogens (tertiary/aromatic N) is 1. The van der Waals surface area contributed by atoms with E-state index in [-0.39, 0.29) is 12.1 Å². The number of amides is 1. The molecule has 5 heteroatoms. The number of unbranched alkanes of at least 4 members (excludes halogenated alkanes) is 1. The summed E-state index contributed by atoms with van der Waals surface area (Å²) in [4.78, 5) is 14.3. The van der Waals surface area contributed by atoms with Gasteiger partial charge < -0.3 is 20.7 Å². The molecule has 5 nitrogen and oxygen atoms in total. The SMILES string of the molecule is CC(CCN(CCCCN)CCc1ccccc1)NC(=O)OC(C)(C)C. The van der Waals surface area contributed by atoms with Gasteiger partial charge in [0.2, 0.25) is 0 Å². The molecule has 0 heterocycles. The Kier molecular flexibility index (Phi) is 10.3. The van der Waals surface area contributed by atoms with Gasteiger partial charge in [0.15, 0.2) is 0 Å². The summed E-state index contributed by atoms with van der Waals surface area (Å²) >= 11 is 0. The van der Waals surface area contributed by atoms with Gasteiger partial charge >= 0.3 is 6.09 Å². The smallest absolute Gasteiger partial charge is 0.407 e. The van der Waals surface area contributed by atoms with E-state index < -0.39 is 5.60 Å². The molecular weight excluding hydrogens is 326 g/mol. The number of nitrogens with one attached hydrogen (secondary N) is 1. The van der Waals surface area contributed by atoms with Crippen LogP contribution in [0.1, 0.15) is 52.5 Å². The third kappa shape index (κ3) is 11.1. The van der Waals surface area contributed by atoms with Gasteiger partial charge in [0.25, 0.3) is 0 Å². The first-order chi connectivity index (χ1) is 12.3. The van der Waals surface area contributed by atoms with Crippen molar-refractivity contribution in [2.45, 2.75) is 65.0 Å². The average Bonchev–Trinajstić information content (AvgIpc) is 2.56. The molecule has 3 N–H and O–H groups in total. The van der Waals surface area contributed by atoms with E-state index in [0.717, 1.165) is 51.9 Å². The standard InChI is InChI=1S/C21H37N3O2/c1-18(23-20(25)26-21(2,3)4)12-16-24(15-9-8-14-22)17-13-19-10-6-5-7-11-19/h5-7,10-11,18H,8-9,12-17,22H2,1-4H3,(H,23,25). The zero-order valence-electron chi connectivity index (χ0n) is 17.0. The van der Waals surface area contributed by atoms with Gasteiger partial charge in [0.05, 0.1) is 0 Å². The highest BCUT2D eigenvalue weighted by atomic mass is 16.6. The predicted octanol–water partition coefficient (Wildman–Crippen LogP) is 3.57. The van der Waals surface area contributed by atoms with Crippen LogP contribution in [0.2, 0.25) is 0 Å². The summed E-state index contributed by atoms with van der Waals surface area (Å²) < 4.78 is 5.32. The number of carbonyl (C=O) groups is 1. The number of rotatable bonds is 11. The van der Waals surface area contributed by atoms with Crippen LogP contribution >= 0.6 is 0 Å². The van der Waals surface area contributed by atoms with Crippen molar-refractivity contribution in [2.24, 2.45) is 5.73 Å². The Balaban J connectivity index is 2.41. The molecule has 148 valence electrons. The molecule has 0 aliphatic carbocycles. The maximum Gasteiger partial charge on any atom is 0.407 e. The topological polar surface area (TPSA) is 67.6 Å². The van der Waals surface area contributed by atoms with E-state index in [1.54, 1.807) is 0 Å². The Morgan fingerprint density at radius 2 is 1.85 bits per heavy atom. The van der Waals surface area contributed by atoms with Gasteiger partial charge in [-0.1, -0.05) is 30.3 Å². The quantitative estimate of drug-likeness (QED) is 0.590. The second-order valence-electron chi connectivity index (χ2n) is 7.91. The lowest BCUT2D eigenvalue weighted by molar-refractivity contribution is 0.0503. The Morgan fingerprint density at radius 1 is 1.15 bits per heavy atom. The van der Waals surface area contributed by atoms with Crippen LogP contribution in [0.5, 0.6) is 0 Å². The Hall–Kier alpha value is -1.59. The van der Waals surface area contributed by atoms with E-state index in [1.807, 2.05) is 33.8 Å². The minimum atomic E-state index is -0.465. The van der Waals surface area contributed by atoms with Crippen molar-refractivity contribution in [3.63, 3.8) is 0 Å². The second kappa shape index (κ2) is 11.9. The first kappa shape index (κ1) is 22.5. The molecular formula is C21H37N3O2. The summed E-state index contributed by atoms with van der Waals surface area (Å²) in [5.41, 5.74) is 6.52. The Labute approximate surface area is 159 Å². The number of nitrogens with two attached hydrogens (primary N) is 1. The summed E-state index contributed by atoms with van der Waals surface area (Å²) in [7, 11) is 0. The third-order valence-electron chi connectivity index (χ3n) is 4.13. The summed E-state index contributed by atoms with van der Waals surface area (Å²) in [6, 6.07) is 10.6. The highest BCUT2D eigenvalue weighted by Gasteiger charge is 2.18. The van der Waals surface area contributed by atoms with Crippen molar-refractivity contribution < 1.29 is 9.53 Å². The van der Waals surface area contributed by atoms with E-state index >= 15 is 0 Å². The zero-order valence-corrected chi connectivity index (χ0v) is 17.0. The van der Waals surface area contributed by atoms with Gasteiger partial charge in [0.1, 0.15) is 5.60 Å². The fourth-order valence-corrected chi connectivity index (χ4v) is 2.70. The van der Waals surface area contributed by atoms with Gasteiger partial charge in [0, 0.05) is 19.1 Å². The van der Waals surface area contributed by atoms with Gasteiger partial charge in [-0.25, -0.2) is 4.79 Å². The van der Waals surface area contributed by atoms with E-state index in [2.05, 4.69) is 34.5 Å². The zero-order chi connectivity index (χ0) is 19.4. The fraction of sp³-hybridized carbons (Fsp3) is 0.667. The van der Waals surface area contributed by atoms with Gasteiger partial charge in [-0.05, 0) is 72.0 Å². The summed E-state index contributed by atoms with van der Waals surface area (Å²) in [5.74, 6) is 0. The number of alkyl carbamates (subject to hydrolysis) is 1. The van der Waals surface area contributed by atoms with E-state index in [1.165, 1.54) is 5.56 Å². The maximum absolute atomic E-state index is 11.9. The summed E-state index contributed by atoms with van der Waals surface area (Å²) in [5, 5.41) is 2.93. The minimum absolute atomic E-state index is 0.0820.